The Morgan fingerprint density at radius 1 is 1.41 bits per heavy atom. The molecule has 1 heterocycles. The highest BCUT2D eigenvalue weighted by molar-refractivity contribution is 6.32. The van der Waals surface area contributed by atoms with Crippen LogP contribution >= 0.6 is 11.6 Å². The number of nitrogens with zero attached hydrogens (tertiary/aromatic N) is 2. The van der Waals surface area contributed by atoms with E-state index in [0.717, 1.165) is 13.0 Å². The van der Waals surface area contributed by atoms with Crippen LogP contribution in [0.5, 0.6) is 0 Å². The van der Waals surface area contributed by atoms with Crippen LogP contribution in [0, 0.1) is 5.92 Å². The van der Waals surface area contributed by atoms with Crippen molar-refractivity contribution in [1.82, 2.24) is 9.97 Å². The fraction of sp³-hybridized carbons (Fsp3) is 0.636. The van der Waals surface area contributed by atoms with E-state index in [1.165, 1.54) is 6.33 Å². The molecule has 0 saturated carbocycles. The van der Waals surface area contributed by atoms with E-state index in [0.29, 0.717) is 22.6 Å². The van der Waals surface area contributed by atoms with Gasteiger partial charge in [-0.1, -0.05) is 18.5 Å². The van der Waals surface area contributed by atoms with E-state index in [-0.39, 0.29) is 6.10 Å². The summed E-state index contributed by atoms with van der Waals surface area (Å²) in [4.78, 5) is 8.03. The highest BCUT2D eigenvalue weighted by atomic mass is 35.5. The number of halogens is 1. The first-order valence-corrected chi connectivity index (χ1v) is 6.02. The maximum absolute atomic E-state index is 9.28. The molecule has 6 heteroatoms. The van der Waals surface area contributed by atoms with Gasteiger partial charge in [0.25, 0.3) is 0 Å². The molecule has 2 unspecified atom stereocenters. The molecular formula is C11H19ClN4O. The van der Waals surface area contributed by atoms with Crippen molar-refractivity contribution in [3.63, 3.8) is 0 Å². The molecule has 0 amide bonds. The lowest BCUT2D eigenvalue weighted by atomic mass is 10.0. The fourth-order valence-electron chi connectivity index (χ4n) is 1.66. The Bertz CT molecular complexity index is 359. The second-order valence-electron chi connectivity index (χ2n) is 4.21. The number of nitrogens with one attached hydrogen (secondary N) is 2. The van der Waals surface area contributed by atoms with Gasteiger partial charge in [0.15, 0.2) is 11.0 Å². The smallest absolute Gasteiger partial charge is 0.157 e. The van der Waals surface area contributed by atoms with E-state index >= 15 is 0 Å². The number of anilines is 2. The molecule has 0 aromatic carbocycles. The quantitative estimate of drug-likeness (QED) is 0.681. The summed E-state index contributed by atoms with van der Waals surface area (Å²) in [5, 5.41) is 15.8. The molecule has 0 radical (unpaired) electrons. The van der Waals surface area contributed by atoms with Crippen LogP contribution in [0.25, 0.3) is 0 Å². The molecule has 0 bridgehead atoms. The SMILES string of the molecule is CNc1c(Cl)ncnc1NCC(C)CC(C)O. The molecule has 0 aliphatic carbocycles. The first kappa shape index (κ1) is 14.0. The predicted molar refractivity (Wildman–Crippen MR) is 70.5 cm³/mol. The van der Waals surface area contributed by atoms with E-state index in [2.05, 4.69) is 27.5 Å². The van der Waals surface area contributed by atoms with Crippen molar-refractivity contribution in [2.45, 2.75) is 26.4 Å². The van der Waals surface area contributed by atoms with E-state index in [9.17, 15) is 5.11 Å². The van der Waals surface area contributed by atoms with Gasteiger partial charge >= 0.3 is 0 Å². The third-order valence-electron chi connectivity index (χ3n) is 2.41. The Morgan fingerprint density at radius 2 is 2.12 bits per heavy atom. The zero-order chi connectivity index (χ0) is 12.8. The summed E-state index contributed by atoms with van der Waals surface area (Å²) in [5.74, 6) is 1.04. The molecule has 5 nitrogen and oxygen atoms in total. The maximum atomic E-state index is 9.28. The average molecular weight is 259 g/mol. The van der Waals surface area contributed by atoms with Crippen molar-refractivity contribution in [2.75, 3.05) is 24.2 Å². The molecule has 0 saturated heterocycles. The van der Waals surface area contributed by atoms with E-state index in [1.807, 2.05) is 0 Å². The highest BCUT2D eigenvalue weighted by Gasteiger charge is 2.10. The van der Waals surface area contributed by atoms with Crippen LogP contribution in [0.4, 0.5) is 11.5 Å². The van der Waals surface area contributed by atoms with Gasteiger partial charge in [-0.05, 0) is 19.3 Å². The summed E-state index contributed by atoms with van der Waals surface area (Å²) in [5.41, 5.74) is 0.693. The molecule has 0 fully saturated rings. The van der Waals surface area contributed by atoms with Gasteiger partial charge in [0.1, 0.15) is 12.0 Å². The van der Waals surface area contributed by atoms with Crippen LogP contribution in [0.2, 0.25) is 5.15 Å². The standard InChI is InChI=1S/C11H19ClN4O/c1-7(4-8(2)17)5-14-11-9(13-3)10(12)15-6-16-11/h6-8,13,17H,4-5H2,1-3H3,(H,14,15,16). The summed E-state index contributed by atoms with van der Waals surface area (Å²) in [6.07, 6.45) is 1.88. The summed E-state index contributed by atoms with van der Waals surface area (Å²) in [7, 11) is 1.77. The largest absolute Gasteiger partial charge is 0.393 e. The normalized spacial score (nSPS) is 14.2. The Hall–Kier alpha value is -1.07. The monoisotopic (exact) mass is 258 g/mol. The van der Waals surface area contributed by atoms with Gasteiger partial charge in [0.2, 0.25) is 0 Å². The number of aliphatic hydroxyl groups is 1. The Balaban J connectivity index is 2.60. The van der Waals surface area contributed by atoms with Crippen molar-refractivity contribution in [2.24, 2.45) is 5.92 Å². The molecule has 17 heavy (non-hydrogen) atoms. The minimum atomic E-state index is -0.287. The topological polar surface area (TPSA) is 70.1 Å². The number of rotatable bonds is 6. The van der Waals surface area contributed by atoms with Gasteiger partial charge in [-0.15, -0.1) is 0 Å². The van der Waals surface area contributed by atoms with Gasteiger partial charge in [0.05, 0.1) is 6.10 Å². The van der Waals surface area contributed by atoms with Crippen LogP contribution in [0.3, 0.4) is 0 Å². The lowest BCUT2D eigenvalue weighted by molar-refractivity contribution is 0.166. The number of hydrogen-bond donors (Lipinski definition) is 3. The minimum absolute atomic E-state index is 0.287. The number of aromatic nitrogens is 2. The van der Waals surface area contributed by atoms with E-state index in [4.69, 9.17) is 11.6 Å². The Kier molecular flexibility index (Phi) is 5.44. The highest BCUT2D eigenvalue weighted by Crippen LogP contribution is 2.25. The third kappa shape index (κ3) is 4.36. The van der Waals surface area contributed by atoms with Gasteiger partial charge in [0, 0.05) is 13.6 Å². The average Bonchev–Trinajstić information content (AvgIpc) is 2.25. The van der Waals surface area contributed by atoms with Crippen molar-refractivity contribution >= 4 is 23.1 Å². The van der Waals surface area contributed by atoms with Gasteiger partial charge in [-0.25, -0.2) is 9.97 Å². The minimum Gasteiger partial charge on any atom is -0.393 e. The molecule has 0 aliphatic heterocycles. The van der Waals surface area contributed by atoms with Crippen LogP contribution in [-0.4, -0.2) is 34.8 Å². The summed E-state index contributed by atoms with van der Waals surface area (Å²) in [6.45, 7) is 4.59. The van der Waals surface area contributed by atoms with Crippen LogP contribution in [0.15, 0.2) is 6.33 Å². The van der Waals surface area contributed by atoms with E-state index in [1.54, 1.807) is 14.0 Å². The van der Waals surface area contributed by atoms with Gasteiger partial charge < -0.3 is 15.7 Å². The molecule has 3 N–H and O–H groups in total. The number of hydrogen-bond acceptors (Lipinski definition) is 5. The lowest BCUT2D eigenvalue weighted by Crippen LogP contribution is -2.17. The Labute approximate surface area is 107 Å². The zero-order valence-corrected chi connectivity index (χ0v) is 11.1. The molecule has 96 valence electrons. The second-order valence-corrected chi connectivity index (χ2v) is 4.57. The van der Waals surface area contributed by atoms with Crippen LogP contribution < -0.4 is 10.6 Å². The molecule has 0 aliphatic rings. The first-order chi connectivity index (χ1) is 8.04. The van der Waals surface area contributed by atoms with E-state index < -0.39 is 0 Å². The lowest BCUT2D eigenvalue weighted by Gasteiger charge is -2.16. The van der Waals surface area contributed by atoms with Gasteiger partial charge in [-0.3, -0.25) is 0 Å². The second kappa shape index (κ2) is 6.61. The van der Waals surface area contributed by atoms with Crippen LogP contribution in [0.1, 0.15) is 20.3 Å². The Morgan fingerprint density at radius 3 is 2.71 bits per heavy atom. The van der Waals surface area contributed by atoms with Crippen molar-refractivity contribution in [3.05, 3.63) is 11.5 Å². The molecule has 1 rings (SSSR count). The van der Waals surface area contributed by atoms with Crippen molar-refractivity contribution in [1.29, 1.82) is 0 Å². The molecule has 1 aromatic rings. The van der Waals surface area contributed by atoms with Gasteiger partial charge in [-0.2, -0.15) is 0 Å². The summed E-state index contributed by atoms with van der Waals surface area (Å²) >= 11 is 5.94. The summed E-state index contributed by atoms with van der Waals surface area (Å²) < 4.78 is 0. The fourth-order valence-corrected chi connectivity index (χ4v) is 1.88. The predicted octanol–water partition coefficient (Wildman–Crippen LogP) is 1.99. The van der Waals surface area contributed by atoms with Crippen LogP contribution in [-0.2, 0) is 0 Å². The third-order valence-corrected chi connectivity index (χ3v) is 2.70. The summed E-state index contributed by atoms with van der Waals surface area (Å²) in [6, 6.07) is 0. The molecule has 1 aromatic heterocycles. The first-order valence-electron chi connectivity index (χ1n) is 5.64. The molecule has 0 spiro atoms. The van der Waals surface area contributed by atoms with Crippen molar-refractivity contribution in [3.8, 4) is 0 Å². The number of aliphatic hydroxyl groups excluding tert-OH is 1. The molecular weight excluding hydrogens is 240 g/mol. The zero-order valence-electron chi connectivity index (χ0n) is 10.4. The maximum Gasteiger partial charge on any atom is 0.157 e. The van der Waals surface area contributed by atoms with Crippen molar-refractivity contribution < 1.29 is 5.11 Å². The molecule has 2 atom stereocenters.